The van der Waals surface area contributed by atoms with Crippen LogP contribution in [0.25, 0.3) is 0 Å². The van der Waals surface area contributed by atoms with Gasteiger partial charge in [-0.3, -0.25) is 4.79 Å². The van der Waals surface area contributed by atoms with Crippen LogP contribution in [0.4, 0.5) is 0 Å². The summed E-state index contributed by atoms with van der Waals surface area (Å²) in [6.07, 6.45) is 4.55. The van der Waals surface area contributed by atoms with E-state index in [1.54, 1.807) is 6.08 Å². The van der Waals surface area contributed by atoms with E-state index in [0.29, 0.717) is 25.7 Å². The third kappa shape index (κ3) is 7.93. The summed E-state index contributed by atoms with van der Waals surface area (Å²) in [5.41, 5.74) is 0. The summed E-state index contributed by atoms with van der Waals surface area (Å²) in [6, 6.07) is -1.01. The van der Waals surface area contributed by atoms with Gasteiger partial charge in [0.15, 0.2) is 0 Å². The third-order valence-electron chi connectivity index (χ3n) is 2.29. The van der Waals surface area contributed by atoms with Crippen molar-refractivity contribution in [3.05, 3.63) is 12.7 Å². The minimum absolute atomic E-state index is 0.0606. The second kappa shape index (κ2) is 8.25. The van der Waals surface area contributed by atoms with E-state index in [4.69, 9.17) is 5.11 Å². The molecule has 0 heterocycles. The molecule has 0 rings (SSSR count). The molecule has 0 aromatic heterocycles. The average Bonchev–Trinajstić information content (AvgIpc) is 2.24. The first-order valence-electron chi connectivity index (χ1n) is 5.76. The first-order chi connectivity index (χ1) is 7.93. The molecule has 0 bridgehead atoms. The van der Waals surface area contributed by atoms with Crippen LogP contribution in [0.3, 0.4) is 0 Å². The molecular formula is C11H21NO4S. The fraction of sp³-hybridized carbons (Fsp3) is 0.727. The molecular weight excluding hydrogens is 242 g/mol. The summed E-state index contributed by atoms with van der Waals surface area (Å²) < 4.78 is 25.4. The second-order valence-electron chi connectivity index (χ2n) is 3.90. The molecule has 2 N–H and O–H groups in total. The Labute approximate surface area is 103 Å². The average molecular weight is 263 g/mol. The third-order valence-corrected chi connectivity index (χ3v) is 3.76. The van der Waals surface area contributed by atoms with Crippen molar-refractivity contribution in [3.63, 3.8) is 0 Å². The van der Waals surface area contributed by atoms with Crippen molar-refractivity contribution in [2.45, 2.75) is 45.1 Å². The minimum atomic E-state index is -3.51. The van der Waals surface area contributed by atoms with Crippen molar-refractivity contribution >= 4 is 16.0 Å². The zero-order chi connectivity index (χ0) is 13.3. The van der Waals surface area contributed by atoms with Crippen molar-refractivity contribution < 1.29 is 18.3 Å². The number of hydrogen-bond acceptors (Lipinski definition) is 3. The predicted octanol–water partition coefficient (Wildman–Crippen LogP) is 1.52. The molecule has 0 fully saturated rings. The van der Waals surface area contributed by atoms with E-state index in [2.05, 4.69) is 11.3 Å². The quantitative estimate of drug-likeness (QED) is 0.462. The normalized spacial score (nSPS) is 13.2. The van der Waals surface area contributed by atoms with Crippen molar-refractivity contribution in [1.82, 2.24) is 4.72 Å². The van der Waals surface area contributed by atoms with E-state index in [1.165, 1.54) is 0 Å². The van der Waals surface area contributed by atoms with E-state index in [-0.39, 0.29) is 5.75 Å². The zero-order valence-corrected chi connectivity index (χ0v) is 11.0. The Kier molecular flexibility index (Phi) is 7.82. The van der Waals surface area contributed by atoms with Gasteiger partial charge in [-0.15, -0.1) is 6.58 Å². The molecule has 0 aliphatic heterocycles. The number of hydrogen-bond donors (Lipinski definition) is 2. The van der Waals surface area contributed by atoms with Gasteiger partial charge in [0.1, 0.15) is 6.04 Å². The largest absolute Gasteiger partial charge is 0.480 e. The Bertz CT molecular complexity index is 337. The van der Waals surface area contributed by atoms with E-state index in [0.717, 1.165) is 6.42 Å². The Morgan fingerprint density at radius 2 is 2.12 bits per heavy atom. The van der Waals surface area contributed by atoms with Gasteiger partial charge in [0.25, 0.3) is 0 Å². The Balaban J connectivity index is 4.31. The summed E-state index contributed by atoms with van der Waals surface area (Å²) in [5.74, 6) is -1.18. The molecule has 6 heteroatoms. The Morgan fingerprint density at radius 3 is 2.59 bits per heavy atom. The minimum Gasteiger partial charge on any atom is -0.480 e. The van der Waals surface area contributed by atoms with Crippen LogP contribution < -0.4 is 4.72 Å². The summed E-state index contributed by atoms with van der Waals surface area (Å²) in [5, 5.41) is 8.89. The highest BCUT2D eigenvalue weighted by molar-refractivity contribution is 7.89. The standard InChI is InChI=1S/C11H21NO4S/c1-3-5-7-9-17(15,16)12-10(11(13)14)8-6-4-2/h3,10,12H,1,4-9H2,2H3,(H,13,14). The molecule has 17 heavy (non-hydrogen) atoms. The number of sulfonamides is 1. The lowest BCUT2D eigenvalue weighted by atomic mass is 10.1. The van der Waals surface area contributed by atoms with Crippen LogP contribution in [0, 0.1) is 0 Å². The van der Waals surface area contributed by atoms with Crippen LogP contribution in [-0.4, -0.2) is 31.3 Å². The molecule has 0 aromatic rings. The SMILES string of the molecule is C=CCCCS(=O)(=O)NC(CCCC)C(=O)O. The summed E-state index contributed by atoms with van der Waals surface area (Å²) in [4.78, 5) is 10.9. The van der Waals surface area contributed by atoms with Crippen LogP contribution in [0.2, 0.25) is 0 Å². The number of rotatable bonds is 10. The van der Waals surface area contributed by atoms with Gasteiger partial charge in [-0.2, -0.15) is 0 Å². The molecule has 0 spiro atoms. The number of allylic oxidation sites excluding steroid dienone is 1. The van der Waals surface area contributed by atoms with Crippen molar-refractivity contribution in [3.8, 4) is 0 Å². The first kappa shape index (κ1) is 16.1. The highest BCUT2D eigenvalue weighted by Gasteiger charge is 2.22. The molecule has 1 atom stereocenters. The van der Waals surface area contributed by atoms with Crippen LogP contribution in [-0.2, 0) is 14.8 Å². The van der Waals surface area contributed by atoms with Gasteiger partial charge in [-0.1, -0.05) is 25.8 Å². The van der Waals surface area contributed by atoms with E-state index in [9.17, 15) is 13.2 Å². The number of carbonyl (C=O) groups is 1. The topological polar surface area (TPSA) is 83.5 Å². The molecule has 0 aromatic carbocycles. The maximum atomic E-state index is 11.6. The molecule has 5 nitrogen and oxygen atoms in total. The van der Waals surface area contributed by atoms with Gasteiger partial charge in [0, 0.05) is 0 Å². The van der Waals surface area contributed by atoms with Crippen molar-refractivity contribution in [2.24, 2.45) is 0 Å². The molecule has 0 amide bonds. The van der Waals surface area contributed by atoms with Crippen molar-refractivity contribution in [1.29, 1.82) is 0 Å². The zero-order valence-electron chi connectivity index (χ0n) is 10.2. The summed E-state index contributed by atoms with van der Waals surface area (Å²) in [7, 11) is -3.51. The van der Waals surface area contributed by atoms with Crippen LogP contribution in [0.15, 0.2) is 12.7 Å². The van der Waals surface area contributed by atoms with Crippen LogP contribution in [0.1, 0.15) is 39.0 Å². The highest BCUT2D eigenvalue weighted by atomic mass is 32.2. The number of carboxylic acid groups (broad SMARTS) is 1. The number of aliphatic carboxylic acids is 1. The van der Waals surface area contributed by atoms with E-state index in [1.807, 2.05) is 6.92 Å². The maximum absolute atomic E-state index is 11.6. The van der Waals surface area contributed by atoms with Gasteiger partial charge in [0.2, 0.25) is 10.0 Å². The molecule has 100 valence electrons. The van der Waals surface area contributed by atoms with Crippen LogP contribution in [0.5, 0.6) is 0 Å². The van der Waals surface area contributed by atoms with E-state index < -0.39 is 22.0 Å². The van der Waals surface area contributed by atoms with Crippen LogP contribution >= 0.6 is 0 Å². The Morgan fingerprint density at radius 1 is 1.47 bits per heavy atom. The summed E-state index contributed by atoms with van der Waals surface area (Å²) >= 11 is 0. The number of unbranched alkanes of at least 4 members (excludes halogenated alkanes) is 2. The lowest BCUT2D eigenvalue weighted by molar-refractivity contribution is -0.139. The molecule has 0 aliphatic rings. The van der Waals surface area contributed by atoms with Gasteiger partial charge >= 0.3 is 5.97 Å². The molecule has 0 saturated carbocycles. The maximum Gasteiger partial charge on any atom is 0.321 e. The lowest BCUT2D eigenvalue weighted by Crippen LogP contribution is -2.41. The second-order valence-corrected chi connectivity index (χ2v) is 5.77. The van der Waals surface area contributed by atoms with Gasteiger partial charge in [-0.05, 0) is 19.3 Å². The smallest absolute Gasteiger partial charge is 0.321 e. The highest BCUT2D eigenvalue weighted by Crippen LogP contribution is 2.04. The molecule has 0 aliphatic carbocycles. The van der Waals surface area contributed by atoms with Gasteiger partial charge in [-0.25, -0.2) is 13.1 Å². The fourth-order valence-corrected chi connectivity index (χ4v) is 2.65. The molecule has 0 radical (unpaired) electrons. The lowest BCUT2D eigenvalue weighted by Gasteiger charge is -2.14. The Hall–Kier alpha value is -0.880. The summed E-state index contributed by atoms with van der Waals surface area (Å²) in [6.45, 7) is 5.43. The first-order valence-corrected chi connectivity index (χ1v) is 7.42. The van der Waals surface area contributed by atoms with Crippen molar-refractivity contribution in [2.75, 3.05) is 5.75 Å². The molecule has 0 saturated heterocycles. The fourth-order valence-electron chi connectivity index (χ4n) is 1.33. The number of carboxylic acids is 1. The van der Waals surface area contributed by atoms with E-state index >= 15 is 0 Å². The molecule has 1 unspecified atom stereocenters. The monoisotopic (exact) mass is 263 g/mol. The number of nitrogens with one attached hydrogen (secondary N) is 1. The predicted molar refractivity (Wildman–Crippen MR) is 67.3 cm³/mol. The van der Waals surface area contributed by atoms with Gasteiger partial charge < -0.3 is 5.11 Å². The van der Waals surface area contributed by atoms with Gasteiger partial charge in [0.05, 0.1) is 5.75 Å².